The Morgan fingerprint density at radius 3 is 2.82 bits per heavy atom. The predicted octanol–water partition coefficient (Wildman–Crippen LogP) is 1.87. The van der Waals surface area contributed by atoms with Gasteiger partial charge in [0.1, 0.15) is 0 Å². The van der Waals surface area contributed by atoms with Crippen LogP contribution in [0, 0.1) is 5.92 Å². The molecule has 0 radical (unpaired) electrons. The van der Waals surface area contributed by atoms with Gasteiger partial charge in [0.2, 0.25) is 0 Å². The zero-order chi connectivity index (χ0) is 12.5. The monoisotopic (exact) mass is 240 g/mol. The van der Waals surface area contributed by atoms with E-state index >= 15 is 0 Å². The molecular weight excluding hydrogens is 212 g/mol. The number of hydrogen-bond acceptors (Lipinski definition) is 3. The summed E-state index contributed by atoms with van der Waals surface area (Å²) < 4.78 is 5.78. The number of rotatable bonds is 3. The van der Waals surface area contributed by atoms with Crippen molar-refractivity contribution in [3.05, 3.63) is 0 Å². The maximum atomic E-state index is 5.78. The standard InChI is InChI=1S/C14H28N2O/c1-11(2)9-13-10-16(7-6-15-13)14(4)5-8-17-12(14)3/h11-13,15H,5-10H2,1-4H3. The zero-order valence-corrected chi connectivity index (χ0v) is 11.8. The first-order valence-electron chi connectivity index (χ1n) is 7.12. The molecule has 100 valence electrons. The molecule has 2 aliphatic rings. The summed E-state index contributed by atoms with van der Waals surface area (Å²) in [4.78, 5) is 2.66. The van der Waals surface area contributed by atoms with Gasteiger partial charge in [-0.25, -0.2) is 0 Å². The van der Waals surface area contributed by atoms with E-state index in [0.29, 0.717) is 12.1 Å². The van der Waals surface area contributed by atoms with E-state index in [4.69, 9.17) is 4.74 Å². The topological polar surface area (TPSA) is 24.5 Å². The molecule has 1 N–H and O–H groups in total. The number of nitrogens with zero attached hydrogens (tertiary/aromatic N) is 1. The van der Waals surface area contributed by atoms with Crippen LogP contribution in [0.25, 0.3) is 0 Å². The van der Waals surface area contributed by atoms with Gasteiger partial charge in [-0.2, -0.15) is 0 Å². The molecule has 0 aliphatic carbocycles. The van der Waals surface area contributed by atoms with Crippen LogP contribution in [0.2, 0.25) is 0 Å². The lowest BCUT2D eigenvalue weighted by atomic mass is 9.90. The molecule has 17 heavy (non-hydrogen) atoms. The molecule has 0 saturated carbocycles. The van der Waals surface area contributed by atoms with Crippen molar-refractivity contribution in [1.82, 2.24) is 10.2 Å². The van der Waals surface area contributed by atoms with E-state index in [2.05, 4.69) is 37.9 Å². The average molecular weight is 240 g/mol. The van der Waals surface area contributed by atoms with Crippen LogP contribution < -0.4 is 5.32 Å². The van der Waals surface area contributed by atoms with E-state index in [1.807, 2.05) is 0 Å². The Balaban J connectivity index is 1.97. The van der Waals surface area contributed by atoms with Gasteiger partial charge in [-0.05, 0) is 32.6 Å². The highest BCUT2D eigenvalue weighted by molar-refractivity contribution is 4.98. The Labute approximate surface area is 106 Å². The summed E-state index contributed by atoms with van der Waals surface area (Å²) in [5.74, 6) is 0.775. The van der Waals surface area contributed by atoms with Crippen molar-refractivity contribution in [3.63, 3.8) is 0 Å². The molecule has 0 bridgehead atoms. The third-order valence-corrected chi connectivity index (χ3v) is 4.59. The van der Waals surface area contributed by atoms with Crippen molar-refractivity contribution in [2.75, 3.05) is 26.2 Å². The molecule has 0 spiro atoms. The van der Waals surface area contributed by atoms with Crippen molar-refractivity contribution in [3.8, 4) is 0 Å². The highest BCUT2D eigenvalue weighted by atomic mass is 16.5. The fourth-order valence-electron chi connectivity index (χ4n) is 3.26. The zero-order valence-electron chi connectivity index (χ0n) is 11.8. The molecule has 3 atom stereocenters. The van der Waals surface area contributed by atoms with Crippen LogP contribution in [-0.2, 0) is 4.74 Å². The van der Waals surface area contributed by atoms with Crippen molar-refractivity contribution in [1.29, 1.82) is 0 Å². The first-order chi connectivity index (χ1) is 8.02. The summed E-state index contributed by atoms with van der Waals surface area (Å²) in [7, 11) is 0. The molecule has 2 aliphatic heterocycles. The number of nitrogens with one attached hydrogen (secondary N) is 1. The predicted molar refractivity (Wildman–Crippen MR) is 71.3 cm³/mol. The lowest BCUT2D eigenvalue weighted by molar-refractivity contribution is 0.00361. The number of hydrogen-bond donors (Lipinski definition) is 1. The van der Waals surface area contributed by atoms with E-state index in [1.54, 1.807) is 0 Å². The SMILES string of the molecule is CC(C)CC1CN(C2(C)CCOC2C)CCN1. The van der Waals surface area contributed by atoms with Crippen LogP contribution in [0.5, 0.6) is 0 Å². The van der Waals surface area contributed by atoms with Gasteiger partial charge in [-0.15, -0.1) is 0 Å². The van der Waals surface area contributed by atoms with Crippen molar-refractivity contribution >= 4 is 0 Å². The Bertz CT molecular complexity index is 257. The third kappa shape index (κ3) is 2.83. The lowest BCUT2D eigenvalue weighted by Gasteiger charge is -2.45. The molecule has 2 rings (SSSR count). The molecule has 3 nitrogen and oxygen atoms in total. The molecule has 2 saturated heterocycles. The van der Waals surface area contributed by atoms with Crippen molar-refractivity contribution < 1.29 is 4.74 Å². The molecule has 0 aromatic heterocycles. The van der Waals surface area contributed by atoms with Crippen LogP contribution in [-0.4, -0.2) is 48.8 Å². The van der Waals surface area contributed by atoms with Crippen LogP contribution in [0.1, 0.15) is 40.5 Å². The van der Waals surface area contributed by atoms with Gasteiger partial charge < -0.3 is 10.1 Å². The second kappa shape index (κ2) is 5.25. The molecule has 0 amide bonds. The number of piperazine rings is 1. The summed E-state index contributed by atoms with van der Waals surface area (Å²) in [6.07, 6.45) is 2.84. The maximum Gasteiger partial charge on any atom is 0.0728 e. The van der Waals surface area contributed by atoms with Gasteiger partial charge in [0, 0.05) is 37.8 Å². The van der Waals surface area contributed by atoms with Gasteiger partial charge >= 0.3 is 0 Å². The maximum absolute atomic E-state index is 5.78. The molecule has 2 fully saturated rings. The van der Waals surface area contributed by atoms with Crippen LogP contribution >= 0.6 is 0 Å². The molecule has 3 heteroatoms. The van der Waals surface area contributed by atoms with E-state index in [9.17, 15) is 0 Å². The van der Waals surface area contributed by atoms with E-state index in [1.165, 1.54) is 25.9 Å². The third-order valence-electron chi connectivity index (χ3n) is 4.59. The minimum Gasteiger partial charge on any atom is -0.377 e. The summed E-state index contributed by atoms with van der Waals surface area (Å²) >= 11 is 0. The van der Waals surface area contributed by atoms with Crippen LogP contribution in [0.3, 0.4) is 0 Å². The van der Waals surface area contributed by atoms with Crippen LogP contribution in [0.15, 0.2) is 0 Å². The fraction of sp³-hybridized carbons (Fsp3) is 1.00. The minimum atomic E-state index is 0.261. The van der Waals surface area contributed by atoms with E-state index in [0.717, 1.165) is 19.1 Å². The second-order valence-corrected chi connectivity index (χ2v) is 6.35. The second-order valence-electron chi connectivity index (χ2n) is 6.35. The Morgan fingerprint density at radius 1 is 1.47 bits per heavy atom. The Morgan fingerprint density at radius 2 is 2.24 bits per heavy atom. The first-order valence-corrected chi connectivity index (χ1v) is 7.12. The normalized spacial score (nSPS) is 40.1. The Hall–Kier alpha value is -0.120. The minimum absolute atomic E-state index is 0.261. The first kappa shape index (κ1) is 13.3. The quantitative estimate of drug-likeness (QED) is 0.815. The highest BCUT2D eigenvalue weighted by Gasteiger charge is 2.43. The largest absolute Gasteiger partial charge is 0.377 e. The van der Waals surface area contributed by atoms with Crippen molar-refractivity contribution in [2.45, 2.75) is 58.2 Å². The molecule has 3 unspecified atom stereocenters. The smallest absolute Gasteiger partial charge is 0.0728 e. The van der Waals surface area contributed by atoms with Gasteiger partial charge in [-0.1, -0.05) is 13.8 Å². The average Bonchev–Trinajstić information content (AvgIpc) is 2.60. The van der Waals surface area contributed by atoms with E-state index < -0.39 is 0 Å². The highest BCUT2D eigenvalue weighted by Crippen LogP contribution is 2.32. The fourth-order valence-corrected chi connectivity index (χ4v) is 3.26. The summed E-state index contributed by atoms with van der Waals surface area (Å²) in [6.45, 7) is 13.6. The van der Waals surface area contributed by atoms with E-state index in [-0.39, 0.29) is 5.54 Å². The summed E-state index contributed by atoms with van der Waals surface area (Å²) in [5, 5.41) is 3.65. The molecule has 0 aromatic rings. The van der Waals surface area contributed by atoms with Crippen LogP contribution in [0.4, 0.5) is 0 Å². The lowest BCUT2D eigenvalue weighted by Crippen LogP contribution is -2.61. The van der Waals surface area contributed by atoms with Gasteiger partial charge in [-0.3, -0.25) is 4.90 Å². The molecular formula is C14H28N2O. The number of ether oxygens (including phenoxy) is 1. The van der Waals surface area contributed by atoms with Gasteiger partial charge in [0.25, 0.3) is 0 Å². The van der Waals surface area contributed by atoms with Gasteiger partial charge in [0.05, 0.1) is 6.10 Å². The van der Waals surface area contributed by atoms with Gasteiger partial charge in [0.15, 0.2) is 0 Å². The molecule has 2 heterocycles. The summed E-state index contributed by atoms with van der Waals surface area (Å²) in [6, 6.07) is 0.661. The molecule has 0 aromatic carbocycles. The summed E-state index contributed by atoms with van der Waals surface area (Å²) in [5.41, 5.74) is 0.261. The Kier molecular flexibility index (Phi) is 4.11. The van der Waals surface area contributed by atoms with Crippen molar-refractivity contribution in [2.24, 2.45) is 5.92 Å².